The predicted molar refractivity (Wildman–Crippen MR) is 90.3 cm³/mol. The highest BCUT2D eigenvalue weighted by atomic mass is 35.5. The van der Waals surface area contributed by atoms with Crippen LogP contribution in [-0.4, -0.2) is 6.29 Å². The molecule has 0 aromatic heterocycles. The summed E-state index contributed by atoms with van der Waals surface area (Å²) in [5.41, 5.74) is 1.71. The molecule has 0 aliphatic heterocycles. The smallest absolute Gasteiger partial charge is 0.139 e. The first kappa shape index (κ1) is 14.6. The summed E-state index contributed by atoms with van der Waals surface area (Å²) in [5, 5.41) is 0.585. The average molecular weight is 307 g/mol. The fraction of sp³-hybridized carbons (Fsp3) is 0.0500. The Kier molecular flexibility index (Phi) is 4.08. The molecule has 3 rings (SSSR count). The lowest BCUT2D eigenvalue weighted by molar-refractivity contribution is -0.110. The number of hydrogen-bond donors (Lipinski definition) is 0. The number of carbonyl (C=O) groups is 1. The minimum Gasteiger partial charge on any atom is -0.302 e. The first-order chi connectivity index (χ1) is 10.8. The zero-order chi connectivity index (χ0) is 15.4. The van der Waals surface area contributed by atoms with Crippen LogP contribution < -0.4 is 0 Å². The maximum Gasteiger partial charge on any atom is 0.139 e. The van der Waals surface area contributed by atoms with E-state index < -0.39 is 5.41 Å². The van der Waals surface area contributed by atoms with Crippen LogP contribution in [0.4, 0.5) is 0 Å². The Hall–Kier alpha value is -2.38. The van der Waals surface area contributed by atoms with E-state index in [2.05, 4.69) is 0 Å². The molecule has 108 valence electrons. The topological polar surface area (TPSA) is 17.1 Å². The van der Waals surface area contributed by atoms with Crippen LogP contribution in [0.25, 0.3) is 0 Å². The van der Waals surface area contributed by atoms with Crippen molar-refractivity contribution in [3.8, 4) is 0 Å². The molecule has 0 unspecified atom stereocenters. The van der Waals surface area contributed by atoms with Gasteiger partial charge in [0, 0.05) is 5.02 Å². The van der Waals surface area contributed by atoms with Gasteiger partial charge < -0.3 is 4.79 Å². The third-order valence-electron chi connectivity index (χ3n) is 3.93. The molecule has 0 saturated heterocycles. The molecule has 22 heavy (non-hydrogen) atoms. The van der Waals surface area contributed by atoms with Crippen LogP contribution in [0, 0.1) is 0 Å². The zero-order valence-corrected chi connectivity index (χ0v) is 12.7. The number of halogens is 1. The van der Waals surface area contributed by atoms with E-state index >= 15 is 0 Å². The van der Waals surface area contributed by atoms with Gasteiger partial charge in [-0.05, 0) is 22.8 Å². The fourth-order valence-electron chi connectivity index (χ4n) is 2.86. The third kappa shape index (κ3) is 2.34. The Bertz CT molecular complexity index is 726. The molecule has 0 heterocycles. The molecule has 0 fully saturated rings. The van der Waals surface area contributed by atoms with Gasteiger partial charge in [-0.2, -0.15) is 0 Å². The summed E-state index contributed by atoms with van der Waals surface area (Å²) in [7, 11) is 0. The van der Waals surface area contributed by atoms with Crippen LogP contribution in [-0.2, 0) is 10.2 Å². The van der Waals surface area contributed by atoms with Gasteiger partial charge in [-0.15, -0.1) is 0 Å². The highest BCUT2D eigenvalue weighted by Crippen LogP contribution is 2.40. The quantitative estimate of drug-likeness (QED) is 0.496. The van der Waals surface area contributed by atoms with Crippen molar-refractivity contribution in [1.29, 1.82) is 0 Å². The third-order valence-corrected chi connectivity index (χ3v) is 4.26. The molecule has 0 spiro atoms. The van der Waals surface area contributed by atoms with E-state index in [-0.39, 0.29) is 0 Å². The maximum absolute atomic E-state index is 12.3. The highest BCUT2D eigenvalue weighted by molar-refractivity contribution is 6.31. The lowest BCUT2D eigenvalue weighted by atomic mass is 9.70. The molecule has 0 radical (unpaired) electrons. The van der Waals surface area contributed by atoms with Crippen LogP contribution in [0.5, 0.6) is 0 Å². The van der Waals surface area contributed by atoms with Crippen molar-refractivity contribution in [3.63, 3.8) is 0 Å². The molecular weight excluding hydrogens is 292 g/mol. The summed E-state index contributed by atoms with van der Waals surface area (Å²) in [5.74, 6) is 0. The van der Waals surface area contributed by atoms with Crippen LogP contribution in [0.15, 0.2) is 84.9 Å². The molecule has 0 bridgehead atoms. The molecule has 0 atom stereocenters. The molecule has 3 aromatic rings. The van der Waals surface area contributed by atoms with Gasteiger partial charge in [0.05, 0.1) is 0 Å². The number of hydrogen-bond acceptors (Lipinski definition) is 1. The fourth-order valence-corrected chi connectivity index (χ4v) is 3.15. The lowest BCUT2D eigenvalue weighted by Crippen LogP contribution is -2.31. The second-order valence-electron chi connectivity index (χ2n) is 5.14. The van der Waals surface area contributed by atoms with Gasteiger partial charge in [-0.25, -0.2) is 0 Å². The van der Waals surface area contributed by atoms with E-state index in [1.807, 2.05) is 84.9 Å². The zero-order valence-electron chi connectivity index (χ0n) is 11.9. The van der Waals surface area contributed by atoms with Crippen LogP contribution in [0.1, 0.15) is 16.7 Å². The summed E-state index contributed by atoms with van der Waals surface area (Å²) in [6.07, 6.45) is 0.985. The Morgan fingerprint density at radius 2 is 1.14 bits per heavy atom. The summed E-state index contributed by atoms with van der Waals surface area (Å²) in [6, 6.07) is 27.0. The van der Waals surface area contributed by atoms with Crippen molar-refractivity contribution >= 4 is 17.9 Å². The van der Waals surface area contributed by atoms with E-state index in [1.165, 1.54) is 0 Å². The average Bonchev–Trinajstić information content (AvgIpc) is 2.59. The summed E-state index contributed by atoms with van der Waals surface area (Å²) < 4.78 is 0. The van der Waals surface area contributed by atoms with Crippen molar-refractivity contribution in [2.24, 2.45) is 0 Å². The largest absolute Gasteiger partial charge is 0.302 e. The summed E-state index contributed by atoms with van der Waals surface area (Å²) in [4.78, 5) is 12.3. The van der Waals surface area contributed by atoms with Crippen LogP contribution in [0.3, 0.4) is 0 Å². The second-order valence-corrected chi connectivity index (χ2v) is 5.54. The Labute approximate surface area is 135 Å². The van der Waals surface area contributed by atoms with E-state index in [1.54, 1.807) is 0 Å². The van der Waals surface area contributed by atoms with Crippen molar-refractivity contribution in [2.75, 3.05) is 0 Å². The molecule has 0 aliphatic rings. The first-order valence-electron chi connectivity index (χ1n) is 7.11. The van der Waals surface area contributed by atoms with E-state index in [9.17, 15) is 4.79 Å². The summed E-state index contributed by atoms with van der Waals surface area (Å²) >= 11 is 6.43. The maximum atomic E-state index is 12.3. The first-order valence-corrected chi connectivity index (χ1v) is 7.49. The Morgan fingerprint density at radius 1 is 0.682 bits per heavy atom. The van der Waals surface area contributed by atoms with Crippen molar-refractivity contribution in [3.05, 3.63) is 107 Å². The second kappa shape index (κ2) is 6.17. The van der Waals surface area contributed by atoms with Crippen molar-refractivity contribution in [2.45, 2.75) is 5.41 Å². The number of aldehydes is 1. The Balaban J connectivity index is 2.36. The molecule has 2 heteroatoms. The standard InChI is InChI=1S/C20H15ClO/c21-19-14-8-7-13-18(19)20(15-22,16-9-3-1-4-10-16)17-11-5-2-6-12-17/h1-15H. The minimum atomic E-state index is -0.902. The van der Waals surface area contributed by atoms with Crippen molar-refractivity contribution < 1.29 is 4.79 Å². The van der Waals surface area contributed by atoms with E-state index in [0.29, 0.717) is 5.02 Å². The van der Waals surface area contributed by atoms with Gasteiger partial charge in [0.1, 0.15) is 11.7 Å². The Morgan fingerprint density at radius 3 is 1.59 bits per heavy atom. The normalized spacial score (nSPS) is 11.1. The van der Waals surface area contributed by atoms with Gasteiger partial charge in [-0.1, -0.05) is 90.5 Å². The minimum absolute atomic E-state index is 0.585. The van der Waals surface area contributed by atoms with Crippen LogP contribution >= 0.6 is 11.6 Å². The molecule has 0 amide bonds. The molecule has 0 N–H and O–H groups in total. The number of carbonyl (C=O) groups excluding carboxylic acids is 1. The van der Waals surface area contributed by atoms with Gasteiger partial charge in [0.2, 0.25) is 0 Å². The highest BCUT2D eigenvalue weighted by Gasteiger charge is 2.37. The molecule has 0 saturated carbocycles. The van der Waals surface area contributed by atoms with Crippen molar-refractivity contribution in [1.82, 2.24) is 0 Å². The SMILES string of the molecule is O=CC(c1ccccc1)(c1ccccc1)c1ccccc1Cl. The summed E-state index contributed by atoms with van der Waals surface area (Å²) in [6.45, 7) is 0. The van der Waals surface area contributed by atoms with Gasteiger partial charge in [0.15, 0.2) is 0 Å². The number of rotatable bonds is 4. The monoisotopic (exact) mass is 306 g/mol. The van der Waals surface area contributed by atoms with E-state index in [0.717, 1.165) is 23.0 Å². The van der Waals surface area contributed by atoms with E-state index in [4.69, 9.17) is 11.6 Å². The molecule has 1 nitrogen and oxygen atoms in total. The molecular formula is C20H15ClO. The lowest BCUT2D eigenvalue weighted by Gasteiger charge is -2.30. The van der Waals surface area contributed by atoms with Gasteiger partial charge >= 0.3 is 0 Å². The van der Waals surface area contributed by atoms with Crippen LogP contribution in [0.2, 0.25) is 5.02 Å². The number of benzene rings is 3. The molecule has 3 aromatic carbocycles. The van der Waals surface area contributed by atoms with Gasteiger partial charge in [-0.3, -0.25) is 0 Å². The van der Waals surface area contributed by atoms with Gasteiger partial charge in [0.25, 0.3) is 0 Å². The molecule has 0 aliphatic carbocycles. The predicted octanol–water partition coefficient (Wildman–Crippen LogP) is 4.87.